The van der Waals surface area contributed by atoms with Crippen LogP contribution in [-0.2, 0) is 6.42 Å². The van der Waals surface area contributed by atoms with Crippen molar-refractivity contribution in [2.75, 3.05) is 0 Å². The molecule has 0 saturated carbocycles. The van der Waals surface area contributed by atoms with Crippen molar-refractivity contribution < 1.29 is 0 Å². The summed E-state index contributed by atoms with van der Waals surface area (Å²) >= 11 is 9.04. The third-order valence-electron chi connectivity index (χ3n) is 2.53. The number of nitrogens with zero attached hydrogens (tertiary/aromatic N) is 1. The minimum absolute atomic E-state index is 0.350. The van der Waals surface area contributed by atoms with Crippen LogP contribution < -0.4 is 0 Å². The van der Waals surface area contributed by atoms with Crippen molar-refractivity contribution in [2.24, 2.45) is 0 Å². The topological polar surface area (TPSA) is 12.9 Å². The van der Waals surface area contributed by atoms with Crippen LogP contribution in [0.4, 0.5) is 0 Å². The number of aryl methyl sites for hydroxylation is 2. The molecule has 2 rings (SSSR count). The van der Waals surface area contributed by atoms with Gasteiger partial charge in [0.05, 0.1) is 15.5 Å². The van der Waals surface area contributed by atoms with Gasteiger partial charge in [0.1, 0.15) is 0 Å². The summed E-state index contributed by atoms with van der Waals surface area (Å²) in [6.45, 7) is 4.13. The molecule has 0 fully saturated rings. The minimum Gasteiger partial charge on any atom is -0.247 e. The molecule has 0 saturated heterocycles. The number of rotatable bonds is 3. The molecule has 1 heterocycles. The van der Waals surface area contributed by atoms with Crippen molar-refractivity contribution >= 4 is 43.2 Å². The molecule has 0 aliphatic rings. The monoisotopic (exact) mass is 373 g/mol. The van der Waals surface area contributed by atoms with Gasteiger partial charge < -0.3 is 0 Å². The zero-order valence-electron chi connectivity index (χ0n) is 9.71. The van der Waals surface area contributed by atoms with E-state index in [1.807, 2.05) is 0 Å². The Kier molecular flexibility index (Phi) is 4.39. The van der Waals surface area contributed by atoms with Gasteiger partial charge in [-0.2, -0.15) is 0 Å². The lowest BCUT2D eigenvalue weighted by Gasteiger charge is -2.08. The average molecular weight is 375 g/mol. The SMILES string of the molecule is Cc1nc(C)c(C(Br)Cc2cccc(Br)c2)s1. The van der Waals surface area contributed by atoms with E-state index in [-0.39, 0.29) is 0 Å². The van der Waals surface area contributed by atoms with Crippen LogP contribution in [0, 0.1) is 13.8 Å². The van der Waals surface area contributed by atoms with E-state index in [1.54, 1.807) is 11.3 Å². The average Bonchev–Trinajstić information content (AvgIpc) is 2.58. The quantitative estimate of drug-likeness (QED) is 0.672. The van der Waals surface area contributed by atoms with Crippen molar-refractivity contribution in [3.63, 3.8) is 0 Å². The highest BCUT2D eigenvalue weighted by atomic mass is 79.9. The number of aromatic nitrogens is 1. The Morgan fingerprint density at radius 2 is 2.12 bits per heavy atom. The first-order chi connectivity index (χ1) is 8.06. The molecule has 4 heteroatoms. The number of hydrogen-bond donors (Lipinski definition) is 0. The van der Waals surface area contributed by atoms with Crippen LogP contribution in [0.15, 0.2) is 28.7 Å². The molecule has 0 bridgehead atoms. The fourth-order valence-electron chi connectivity index (χ4n) is 1.80. The van der Waals surface area contributed by atoms with Crippen LogP contribution >= 0.6 is 43.2 Å². The van der Waals surface area contributed by atoms with Gasteiger partial charge in [-0.1, -0.05) is 44.0 Å². The lowest BCUT2D eigenvalue weighted by atomic mass is 10.1. The van der Waals surface area contributed by atoms with Gasteiger partial charge >= 0.3 is 0 Å². The molecule has 1 nitrogen and oxygen atoms in total. The number of hydrogen-bond acceptors (Lipinski definition) is 2. The Hall–Kier alpha value is -0.190. The van der Waals surface area contributed by atoms with Gasteiger partial charge in [0.25, 0.3) is 0 Å². The van der Waals surface area contributed by atoms with E-state index in [0.29, 0.717) is 4.83 Å². The first-order valence-electron chi connectivity index (χ1n) is 5.38. The van der Waals surface area contributed by atoms with Gasteiger partial charge in [0.2, 0.25) is 0 Å². The van der Waals surface area contributed by atoms with E-state index >= 15 is 0 Å². The molecule has 2 aromatic rings. The molecule has 0 aliphatic heterocycles. The number of thiazole rings is 1. The second-order valence-electron chi connectivity index (χ2n) is 3.98. The van der Waals surface area contributed by atoms with E-state index in [0.717, 1.165) is 21.6 Å². The molecule has 0 radical (unpaired) electrons. The van der Waals surface area contributed by atoms with E-state index in [4.69, 9.17) is 0 Å². The molecule has 0 aliphatic carbocycles. The van der Waals surface area contributed by atoms with Crippen molar-refractivity contribution in [1.29, 1.82) is 0 Å². The van der Waals surface area contributed by atoms with Gasteiger partial charge in [-0.05, 0) is 38.0 Å². The maximum Gasteiger partial charge on any atom is 0.0900 e. The third kappa shape index (κ3) is 3.39. The van der Waals surface area contributed by atoms with Crippen LogP contribution in [0.5, 0.6) is 0 Å². The zero-order chi connectivity index (χ0) is 12.4. The van der Waals surface area contributed by atoms with Gasteiger partial charge in [-0.15, -0.1) is 11.3 Å². The second kappa shape index (κ2) is 5.63. The van der Waals surface area contributed by atoms with Crippen molar-refractivity contribution in [3.8, 4) is 0 Å². The molecule has 0 N–H and O–H groups in total. The summed E-state index contributed by atoms with van der Waals surface area (Å²) in [5, 5.41) is 1.14. The highest BCUT2D eigenvalue weighted by Gasteiger charge is 2.15. The second-order valence-corrected chi connectivity index (χ2v) is 7.24. The normalized spacial score (nSPS) is 12.7. The standard InChI is InChI=1S/C13H13Br2NS/c1-8-13(17-9(2)16-8)12(15)7-10-4-3-5-11(14)6-10/h3-6,12H,7H2,1-2H3. The zero-order valence-corrected chi connectivity index (χ0v) is 13.7. The fraction of sp³-hybridized carbons (Fsp3) is 0.308. The highest BCUT2D eigenvalue weighted by Crippen LogP contribution is 2.34. The number of benzene rings is 1. The summed E-state index contributed by atoms with van der Waals surface area (Å²) in [4.78, 5) is 6.16. The molecule has 1 atom stereocenters. The Bertz CT molecular complexity index is 522. The van der Waals surface area contributed by atoms with Crippen LogP contribution in [0.25, 0.3) is 0 Å². The molecule has 0 spiro atoms. The van der Waals surface area contributed by atoms with Crippen molar-refractivity contribution in [1.82, 2.24) is 4.98 Å². The third-order valence-corrected chi connectivity index (χ3v) is 5.29. The highest BCUT2D eigenvalue weighted by molar-refractivity contribution is 9.10. The van der Waals surface area contributed by atoms with Gasteiger partial charge in [0.15, 0.2) is 0 Å². The molecule has 1 aromatic carbocycles. The summed E-state index contributed by atoms with van der Waals surface area (Å²) in [6, 6.07) is 8.44. The summed E-state index contributed by atoms with van der Waals surface area (Å²) in [5.74, 6) is 0. The summed E-state index contributed by atoms with van der Waals surface area (Å²) in [5.41, 5.74) is 2.47. The summed E-state index contributed by atoms with van der Waals surface area (Å²) in [7, 11) is 0. The molecule has 1 unspecified atom stereocenters. The fourth-order valence-corrected chi connectivity index (χ4v) is 4.14. The minimum atomic E-state index is 0.350. The van der Waals surface area contributed by atoms with Crippen LogP contribution in [-0.4, -0.2) is 4.98 Å². The molecule has 17 heavy (non-hydrogen) atoms. The molecular formula is C13H13Br2NS. The van der Waals surface area contributed by atoms with Gasteiger partial charge in [-0.25, -0.2) is 4.98 Å². The van der Waals surface area contributed by atoms with E-state index in [2.05, 4.69) is 75.0 Å². The van der Waals surface area contributed by atoms with Crippen molar-refractivity contribution in [3.05, 3.63) is 49.9 Å². The maximum absolute atomic E-state index is 4.47. The number of halogens is 2. The lowest BCUT2D eigenvalue weighted by Crippen LogP contribution is -1.95. The molecule has 0 amide bonds. The Balaban J connectivity index is 2.16. The Labute approximate surface area is 123 Å². The van der Waals surface area contributed by atoms with E-state index < -0.39 is 0 Å². The van der Waals surface area contributed by atoms with Crippen molar-refractivity contribution in [2.45, 2.75) is 25.1 Å². The summed E-state index contributed by atoms with van der Waals surface area (Å²) < 4.78 is 1.13. The Morgan fingerprint density at radius 1 is 1.35 bits per heavy atom. The molecular weight excluding hydrogens is 362 g/mol. The molecule has 1 aromatic heterocycles. The summed E-state index contributed by atoms with van der Waals surface area (Å²) in [6.07, 6.45) is 0.988. The largest absolute Gasteiger partial charge is 0.247 e. The van der Waals surface area contributed by atoms with E-state index in [1.165, 1.54) is 10.4 Å². The van der Waals surface area contributed by atoms with Gasteiger partial charge in [-0.3, -0.25) is 0 Å². The first kappa shape index (κ1) is 13.2. The van der Waals surface area contributed by atoms with Gasteiger partial charge in [0, 0.05) is 9.35 Å². The first-order valence-corrected chi connectivity index (χ1v) is 7.91. The predicted molar refractivity (Wildman–Crippen MR) is 81.1 cm³/mol. The maximum atomic E-state index is 4.47. The lowest BCUT2D eigenvalue weighted by molar-refractivity contribution is 0.949. The van der Waals surface area contributed by atoms with E-state index in [9.17, 15) is 0 Å². The smallest absolute Gasteiger partial charge is 0.0900 e. The number of alkyl halides is 1. The Morgan fingerprint density at radius 3 is 2.71 bits per heavy atom. The van der Waals surface area contributed by atoms with Crippen LogP contribution in [0.2, 0.25) is 0 Å². The van der Waals surface area contributed by atoms with Crippen LogP contribution in [0.1, 0.15) is 26.0 Å². The predicted octanol–water partition coefficient (Wildman–Crippen LogP) is 5.20. The molecule has 90 valence electrons. The van der Waals surface area contributed by atoms with Crippen LogP contribution in [0.3, 0.4) is 0 Å².